The molecule has 0 aliphatic carbocycles. The topological polar surface area (TPSA) is 61.0 Å². The Morgan fingerprint density at radius 3 is 2.65 bits per heavy atom. The molecule has 1 amide bonds. The molecule has 2 aliphatic heterocycles. The molecule has 20 heavy (non-hydrogen) atoms. The number of fused-ring (bicyclic) bond motifs is 1. The van der Waals surface area contributed by atoms with E-state index in [1.807, 2.05) is 13.8 Å². The maximum atomic E-state index is 12.2. The number of amides is 1. The first-order chi connectivity index (χ1) is 9.61. The average molecular weight is 276 g/mol. The molecular weight excluding hydrogens is 252 g/mol. The van der Waals surface area contributed by atoms with Crippen LogP contribution in [0.5, 0.6) is 0 Å². The normalized spacial score (nSPS) is 21.1. The molecule has 0 aromatic carbocycles. The summed E-state index contributed by atoms with van der Waals surface area (Å²) in [6.07, 6.45) is 5.45. The minimum Gasteiger partial charge on any atom is -0.354 e. The van der Waals surface area contributed by atoms with Crippen LogP contribution in [-0.2, 0) is 11.2 Å². The summed E-state index contributed by atoms with van der Waals surface area (Å²) in [6, 6.07) is 0. The molecule has 2 aliphatic rings. The zero-order valence-corrected chi connectivity index (χ0v) is 12.5. The quantitative estimate of drug-likeness (QED) is 0.872. The van der Waals surface area contributed by atoms with Crippen LogP contribution in [0.3, 0.4) is 0 Å². The predicted molar refractivity (Wildman–Crippen MR) is 77.5 cm³/mol. The van der Waals surface area contributed by atoms with Gasteiger partial charge in [-0.15, -0.1) is 0 Å². The van der Waals surface area contributed by atoms with Gasteiger partial charge in [0, 0.05) is 23.3 Å². The summed E-state index contributed by atoms with van der Waals surface area (Å²) in [5, 5.41) is 10.2. The average Bonchev–Trinajstić information content (AvgIpc) is 3.06. The minimum absolute atomic E-state index is 0.116. The fourth-order valence-electron chi connectivity index (χ4n) is 3.83. The lowest BCUT2D eigenvalue weighted by molar-refractivity contribution is -0.120. The minimum atomic E-state index is 0.116. The number of carbonyl (C=O) groups is 1. The summed E-state index contributed by atoms with van der Waals surface area (Å²) in [4.78, 5) is 14.8. The molecule has 3 rings (SSSR count). The van der Waals surface area contributed by atoms with Crippen LogP contribution in [0, 0.1) is 13.8 Å². The molecule has 110 valence electrons. The van der Waals surface area contributed by atoms with Crippen LogP contribution in [-0.4, -0.2) is 46.2 Å². The summed E-state index contributed by atoms with van der Waals surface area (Å²) in [7, 11) is 0. The second-order valence-corrected chi connectivity index (χ2v) is 6.28. The van der Waals surface area contributed by atoms with E-state index < -0.39 is 0 Å². The van der Waals surface area contributed by atoms with Crippen LogP contribution in [0.4, 0.5) is 0 Å². The van der Waals surface area contributed by atoms with Crippen molar-refractivity contribution in [3.8, 4) is 0 Å². The van der Waals surface area contributed by atoms with Gasteiger partial charge in [-0.25, -0.2) is 0 Å². The van der Waals surface area contributed by atoms with E-state index in [-0.39, 0.29) is 11.4 Å². The van der Waals surface area contributed by atoms with Gasteiger partial charge in [-0.3, -0.25) is 14.8 Å². The van der Waals surface area contributed by atoms with Crippen LogP contribution in [0.25, 0.3) is 0 Å². The van der Waals surface area contributed by atoms with Gasteiger partial charge in [-0.05, 0) is 52.6 Å². The Balaban J connectivity index is 1.57. The van der Waals surface area contributed by atoms with E-state index in [0.717, 1.165) is 23.5 Å². The lowest BCUT2D eigenvalue weighted by atomic mass is 9.94. The largest absolute Gasteiger partial charge is 0.354 e. The van der Waals surface area contributed by atoms with Crippen molar-refractivity contribution < 1.29 is 4.79 Å². The maximum absolute atomic E-state index is 12.2. The molecule has 2 fully saturated rings. The van der Waals surface area contributed by atoms with Gasteiger partial charge in [0.1, 0.15) is 0 Å². The molecule has 1 aromatic heterocycles. The van der Waals surface area contributed by atoms with E-state index in [9.17, 15) is 4.79 Å². The summed E-state index contributed by atoms with van der Waals surface area (Å²) in [5.74, 6) is 0.116. The molecular formula is C15H24N4O. The number of rotatable bonds is 4. The predicted octanol–water partition coefficient (Wildman–Crippen LogP) is 1.31. The van der Waals surface area contributed by atoms with Crippen LogP contribution < -0.4 is 5.32 Å². The summed E-state index contributed by atoms with van der Waals surface area (Å²) < 4.78 is 0. The van der Waals surface area contributed by atoms with Crippen molar-refractivity contribution >= 4 is 5.91 Å². The fourth-order valence-corrected chi connectivity index (χ4v) is 3.83. The first-order valence-corrected chi connectivity index (χ1v) is 7.63. The molecule has 5 nitrogen and oxygen atoms in total. The summed E-state index contributed by atoms with van der Waals surface area (Å²) >= 11 is 0. The number of carbonyl (C=O) groups excluding carboxylic acids is 1. The number of aromatic amines is 1. The Bertz CT molecular complexity index is 478. The third-order valence-electron chi connectivity index (χ3n) is 5.04. The molecule has 0 saturated carbocycles. The Morgan fingerprint density at radius 2 is 2.05 bits per heavy atom. The highest BCUT2D eigenvalue weighted by molar-refractivity contribution is 5.79. The molecule has 0 atom stereocenters. The van der Waals surface area contributed by atoms with Crippen molar-refractivity contribution in [1.82, 2.24) is 20.4 Å². The van der Waals surface area contributed by atoms with Gasteiger partial charge in [-0.1, -0.05) is 0 Å². The van der Waals surface area contributed by atoms with Gasteiger partial charge < -0.3 is 5.32 Å². The Kier molecular flexibility index (Phi) is 3.54. The first kappa shape index (κ1) is 13.6. The highest BCUT2D eigenvalue weighted by atomic mass is 16.1. The number of aromatic nitrogens is 2. The van der Waals surface area contributed by atoms with E-state index in [4.69, 9.17) is 0 Å². The highest BCUT2D eigenvalue weighted by Crippen LogP contribution is 2.38. The maximum Gasteiger partial charge on any atom is 0.224 e. The molecule has 2 saturated heterocycles. The van der Waals surface area contributed by atoms with E-state index in [2.05, 4.69) is 20.4 Å². The summed E-state index contributed by atoms with van der Waals surface area (Å²) in [6.45, 7) is 7.13. The van der Waals surface area contributed by atoms with Gasteiger partial charge in [0.2, 0.25) is 5.91 Å². The molecule has 5 heteroatoms. The number of aryl methyl sites for hydroxylation is 2. The van der Waals surface area contributed by atoms with Gasteiger partial charge >= 0.3 is 0 Å². The third-order valence-corrected chi connectivity index (χ3v) is 5.04. The molecule has 1 aromatic rings. The zero-order chi connectivity index (χ0) is 14.2. The van der Waals surface area contributed by atoms with Crippen molar-refractivity contribution in [3.05, 3.63) is 17.0 Å². The number of hydrogen-bond donors (Lipinski definition) is 2. The third kappa shape index (κ3) is 2.35. The molecule has 0 bridgehead atoms. The number of hydrogen-bond acceptors (Lipinski definition) is 3. The van der Waals surface area contributed by atoms with Gasteiger partial charge in [0.15, 0.2) is 0 Å². The molecule has 3 heterocycles. The van der Waals surface area contributed by atoms with Crippen LogP contribution in [0.2, 0.25) is 0 Å². The highest BCUT2D eigenvalue weighted by Gasteiger charge is 2.44. The Labute approximate surface area is 120 Å². The number of nitrogens with zero attached hydrogens (tertiary/aromatic N) is 2. The molecule has 0 radical (unpaired) electrons. The lowest BCUT2D eigenvalue weighted by Gasteiger charge is -2.32. The van der Waals surface area contributed by atoms with Crippen LogP contribution in [0.15, 0.2) is 0 Å². The first-order valence-electron chi connectivity index (χ1n) is 7.63. The van der Waals surface area contributed by atoms with Gasteiger partial charge in [0.25, 0.3) is 0 Å². The molecule has 2 N–H and O–H groups in total. The molecule has 0 unspecified atom stereocenters. The van der Waals surface area contributed by atoms with Crippen molar-refractivity contribution in [2.24, 2.45) is 0 Å². The van der Waals surface area contributed by atoms with Crippen molar-refractivity contribution in [2.75, 3.05) is 19.6 Å². The van der Waals surface area contributed by atoms with Gasteiger partial charge in [0.05, 0.1) is 12.1 Å². The Hall–Kier alpha value is -1.36. The number of nitrogens with one attached hydrogen (secondary N) is 2. The fraction of sp³-hybridized carbons (Fsp3) is 0.733. The van der Waals surface area contributed by atoms with E-state index >= 15 is 0 Å². The zero-order valence-electron chi connectivity index (χ0n) is 12.5. The van der Waals surface area contributed by atoms with E-state index in [1.165, 1.54) is 38.8 Å². The standard InChI is InChI=1S/C15H24N4O/c1-11-13(12(2)18-17-11)9-14(20)16-10-15-5-3-7-19(15)8-4-6-15/h3-10H2,1-2H3,(H,16,20)(H,17,18). The second-order valence-electron chi connectivity index (χ2n) is 6.28. The van der Waals surface area contributed by atoms with E-state index in [0.29, 0.717) is 6.42 Å². The smallest absolute Gasteiger partial charge is 0.224 e. The monoisotopic (exact) mass is 276 g/mol. The lowest BCUT2D eigenvalue weighted by Crippen LogP contribution is -2.48. The van der Waals surface area contributed by atoms with E-state index in [1.54, 1.807) is 0 Å². The van der Waals surface area contributed by atoms with Crippen molar-refractivity contribution in [1.29, 1.82) is 0 Å². The Morgan fingerprint density at radius 1 is 1.35 bits per heavy atom. The van der Waals surface area contributed by atoms with Crippen LogP contribution >= 0.6 is 0 Å². The molecule has 0 spiro atoms. The van der Waals surface area contributed by atoms with Crippen molar-refractivity contribution in [3.63, 3.8) is 0 Å². The van der Waals surface area contributed by atoms with Crippen molar-refractivity contribution in [2.45, 2.75) is 51.5 Å². The summed E-state index contributed by atoms with van der Waals surface area (Å²) in [5.41, 5.74) is 3.23. The number of H-pyrrole nitrogens is 1. The second kappa shape index (κ2) is 5.20. The SMILES string of the molecule is Cc1n[nH]c(C)c1CC(=O)NCC12CCCN1CCC2. The van der Waals surface area contributed by atoms with Gasteiger partial charge in [-0.2, -0.15) is 5.10 Å². The van der Waals surface area contributed by atoms with Crippen LogP contribution in [0.1, 0.15) is 42.6 Å².